The number of hydrogen-bond acceptors (Lipinski definition) is 6. The molecule has 50 heavy (non-hydrogen) atoms. The van der Waals surface area contributed by atoms with E-state index in [9.17, 15) is 24.1 Å². The van der Waals surface area contributed by atoms with Crippen molar-refractivity contribution < 1.29 is 33.2 Å². The van der Waals surface area contributed by atoms with Crippen molar-refractivity contribution in [3.8, 4) is 5.75 Å². The van der Waals surface area contributed by atoms with Crippen LogP contribution in [0.1, 0.15) is 58.9 Å². The summed E-state index contributed by atoms with van der Waals surface area (Å²) in [5.74, 6) is -2.88. The Kier molecular flexibility index (Phi) is 10.4. The predicted octanol–water partition coefficient (Wildman–Crippen LogP) is 6.11. The van der Waals surface area contributed by atoms with Gasteiger partial charge in [0.25, 0.3) is 8.32 Å². The maximum Gasteiger partial charge on any atom is 0.455 e. The van der Waals surface area contributed by atoms with Crippen molar-refractivity contribution in [2.75, 3.05) is 13.7 Å². The second-order valence-corrected chi connectivity index (χ2v) is 19.2. The first-order chi connectivity index (χ1) is 23.9. The highest BCUT2D eigenvalue weighted by Gasteiger charge is 2.57. The summed E-state index contributed by atoms with van der Waals surface area (Å²) in [6, 6.07) is 25.2. The van der Waals surface area contributed by atoms with Crippen LogP contribution in [0.3, 0.4) is 0 Å². The first kappa shape index (κ1) is 36.0. The number of halogens is 1. The molecule has 0 saturated carbocycles. The Morgan fingerprint density at radius 1 is 1.02 bits per heavy atom. The summed E-state index contributed by atoms with van der Waals surface area (Å²) in [4.78, 5) is 28.4. The molecule has 0 spiro atoms. The van der Waals surface area contributed by atoms with Gasteiger partial charge in [-0.15, -0.1) is 0 Å². The molecule has 2 saturated heterocycles. The van der Waals surface area contributed by atoms with E-state index in [0.29, 0.717) is 31.2 Å². The fourth-order valence-electron chi connectivity index (χ4n) is 8.53. The Hall–Kier alpha value is -3.83. The maximum absolute atomic E-state index is 14.1. The molecular weight excluding hydrogens is 648 g/mol. The van der Waals surface area contributed by atoms with Crippen molar-refractivity contribution in [1.82, 2.24) is 4.90 Å². The average molecular weight is 696 g/mol. The number of amides is 2. The Balaban J connectivity index is 1.41. The molecule has 6 rings (SSSR count). The normalized spacial score (nSPS) is 23.0. The third-order valence-electron chi connectivity index (χ3n) is 10.9. The number of likely N-dealkylation sites (tertiary alicyclic amines) is 1. The van der Waals surface area contributed by atoms with E-state index in [4.69, 9.17) is 9.08 Å². The van der Waals surface area contributed by atoms with E-state index in [2.05, 4.69) is 69.3 Å². The van der Waals surface area contributed by atoms with Gasteiger partial charge in [-0.3, -0.25) is 14.5 Å². The fraction of sp³-hybridized carbons (Fsp3) is 0.400. The molecule has 3 aromatic carbocycles. The van der Waals surface area contributed by atoms with Gasteiger partial charge in [0.15, 0.2) is 11.6 Å². The van der Waals surface area contributed by atoms with Crippen molar-refractivity contribution >= 4 is 43.7 Å². The molecule has 1 aliphatic carbocycles. The first-order valence-electron chi connectivity index (χ1n) is 17.7. The third-order valence-corrected chi connectivity index (χ3v) is 15.9. The van der Waals surface area contributed by atoms with Crippen molar-refractivity contribution in [2.45, 2.75) is 70.8 Å². The van der Waals surface area contributed by atoms with Gasteiger partial charge in [0.05, 0.1) is 24.5 Å². The van der Waals surface area contributed by atoms with Crippen LogP contribution < -0.4 is 10.4 Å². The van der Waals surface area contributed by atoms with E-state index in [0.717, 1.165) is 27.1 Å². The Morgan fingerprint density at radius 2 is 1.66 bits per heavy atom. The molecule has 2 fully saturated rings. The van der Waals surface area contributed by atoms with Crippen LogP contribution in [-0.2, 0) is 18.7 Å². The molecule has 2 amide bonds. The number of phenolic OH excluding ortho intramolecular Hbond substituents is 1. The van der Waals surface area contributed by atoms with E-state index in [-0.39, 0.29) is 35.7 Å². The van der Waals surface area contributed by atoms with E-state index >= 15 is 0 Å². The van der Waals surface area contributed by atoms with Crippen LogP contribution in [0.15, 0.2) is 95.6 Å². The molecular formula is C40H47BFNO6Si. The molecule has 0 bridgehead atoms. The second-order valence-electron chi connectivity index (χ2n) is 14.9. The summed E-state index contributed by atoms with van der Waals surface area (Å²) in [6.07, 6.45) is 3.90. The fourth-order valence-corrected chi connectivity index (χ4v) is 13.1. The monoisotopic (exact) mass is 695 g/mol. The first-order valence-corrected chi connectivity index (χ1v) is 19.6. The van der Waals surface area contributed by atoms with E-state index in [1.807, 2.05) is 25.1 Å². The summed E-state index contributed by atoms with van der Waals surface area (Å²) < 4.78 is 27.8. The van der Waals surface area contributed by atoms with E-state index < -0.39 is 44.9 Å². The standard InChI is InChI=1S/C40H47BFNO6Si/c1-6-26(21-27-17-19-34(44)33(42)22-27)18-20-35-36-28(23-31-37(32(36)24-41(47)49-35)39(46)43(5)38(31)45)25-48-50(40(2,3)4,29-13-9-7-10-14-29)30-15-11-8-12-16-30/h7-17,19,21-22,31-32,35,37,44,47H,6,18,20,23-25H2,1-5H3/b26-21+/t31-,32+,35-,37-/m1/s1. The minimum Gasteiger partial charge on any atom is -0.505 e. The smallest absolute Gasteiger partial charge is 0.455 e. The number of imide groups is 1. The number of hydrogen-bond donors (Lipinski definition) is 2. The van der Waals surface area contributed by atoms with E-state index in [1.165, 1.54) is 17.0 Å². The Labute approximate surface area is 296 Å². The summed E-state index contributed by atoms with van der Waals surface area (Å²) in [5, 5.41) is 22.8. The number of carbonyl (C=O) groups is 2. The van der Waals surface area contributed by atoms with Crippen LogP contribution in [0.2, 0.25) is 11.4 Å². The lowest BCUT2D eigenvalue weighted by atomic mass is 9.58. The second kappa shape index (κ2) is 14.4. The molecule has 4 atom stereocenters. The average Bonchev–Trinajstić information content (AvgIpc) is 3.31. The summed E-state index contributed by atoms with van der Waals surface area (Å²) in [7, 11) is -2.47. The number of rotatable bonds is 10. The van der Waals surface area contributed by atoms with Crippen LogP contribution >= 0.6 is 0 Å². The minimum absolute atomic E-state index is 0.183. The minimum atomic E-state index is -2.94. The molecule has 0 radical (unpaired) electrons. The van der Waals surface area contributed by atoms with Gasteiger partial charge < -0.3 is 19.2 Å². The van der Waals surface area contributed by atoms with Gasteiger partial charge in [-0.1, -0.05) is 106 Å². The lowest BCUT2D eigenvalue weighted by Gasteiger charge is -2.46. The number of nitrogens with zero attached hydrogens (tertiary/aromatic N) is 1. The molecule has 7 nitrogen and oxygen atoms in total. The largest absolute Gasteiger partial charge is 0.505 e. The van der Waals surface area contributed by atoms with Crippen molar-refractivity contribution in [1.29, 1.82) is 0 Å². The van der Waals surface area contributed by atoms with Crippen molar-refractivity contribution in [3.63, 3.8) is 0 Å². The van der Waals surface area contributed by atoms with Gasteiger partial charge in [0.2, 0.25) is 11.8 Å². The maximum atomic E-state index is 14.1. The zero-order chi connectivity index (χ0) is 35.8. The lowest BCUT2D eigenvalue weighted by Crippen LogP contribution is -2.66. The highest BCUT2D eigenvalue weighted by atomic mass is 28.4. The van der Waals surface area contributed by atoms with Gasteiger partial charge in [0.1, 0.15) is 0 Å². The molecule has 3 aromatic rings. The molecule has 0 aromatic heterocycles. The third kappa shape index (κ3) is 6.66. The zero-order valence-corrected chi connectivity index (χ0v) is 30.6. The van der Waals surface area contributed by atoms with Crippen LogP contribution in [0.25, 0.3) is 6.08 Å². The zero-order valence-electron chi connectivity index (χ0n) is 29.6. The lowest BCUT2D eigenvalue weighted by molar-refractivity contribution is -0.138. The van der Waals surface area contributed by atoms with Crippen LogP contribution in [0.5, 0.6) is 5.75 Å². The molecule has 2 heterocycles. The number of benzene rings is 3. The van der Waals surface area contributed by atoms with Gasteiger partial charge in [-0.05, 0) is 82.2 Å². The SMILES string of the molecule is CC/C(=C\c1ccc(O)c(F)c1)CC[C@H]1OB(O)C[C@H]2C1=C(CO[Si](c1ccccc1)(c1ccccc1)C(C)(C)C)C[C@H]1C(=O)N(C)C(=O)[C@H]12. The van der Waals surface area contributed by atoms with Gasteiger partial charge in [0, 0.05) is 7.05 Å². The highest BCUT2D eigenvalue weighted by molar-refractivity contribution is 6.99. The molecule has 10 heteroatoms. The van der Waals surface area contributed by atoms with Gasteiger partial charge >= 0.3 is 7.12 Å². The topological polar surface area (TPSA) is 96.3 Å². The summed E-state index contributed by atoms with van der Waals surface area (Å²) in [5.41, 5.74) is 3.65. The molecule has 3 aliphatic rings. The molecule has 2 N–H and O–H groups in total. The van der Waals surface area contributed by atoms with E-state index in [1.54, 1.807) is 13.1 Å². The number of phenols is 1. The van der Waals surface area contributed by atoms with Gasteiger partial charge in [-0.2, -0.15) is 0 Å². The number of carbonyl (C=O) groups excluding carboxylic acids is 2. The summed E-state index contributed by atoms with van der Waals surface area (Å²) >= 11 is 0. The highest BCUT2D eigenvalue weighted by Crippen LogP contribution is 2.51. The molecule has 262 valence electrons. The van der Waals surface area contributed by atoms with Gasteiger partial charge in [-0.25, -0.2) is 4.39 Å². The van der Waals surface area contributed by atoms with Crippen LogP contribution in [0.4, 0.5) is 4.39 Å². The van der Waals surface area contributed by atoms with Crippen molar-refractivity contribution in [3.05, 3.63) is 107 Å². The Bertz CT molecular complexity index is 1750. The Morgan fingerprint density at radius 3 is 2.24 bits per heavy atom. The van der Waals surface area contributed by atoms with Crippen LogP contribution in [0, 0.1) is 23.6 Å². The quantitative estimate of drug-likeness (QED) is 0.151. The number of aromatic hydroxyl groups is 1. The number of fused-ring (bicyclic) bond motifs is 3. The van der Waals surface area contributed by atoms with Crippen LogP contribution in [-0.4, -0.2) is 62.0 Å². The predicted molar refractivity (Wildman–Crippen MR) is 197 cm³/mol. The summed E-state index contributed by atoms with van der Waals surface area (Å²) in [6.45, 7) is 8.99. The van der Waals surface area contributed by atoms with Crippen molar-refractivity contribution in [2.24, 2.45) is 17.8 Å². The number of allylic oxidation sites excluding steroid dienone is 1. The molecule has 0 unspecified atom stereocenters. The molecule has 2 aliphatic heterocycles.